The van der Waals surface area contributed by atoms with Crippen LogP contribution in [0.5, 0.6) is 0 Å². The van der Waals surface area contributed by atoms with Gasteiger partial charge in [-0.15, -0.1) is 0 Å². The van der Waals surface area contributed by atoms with Crippen molar-refractivity contribution in [3.05, 3.63) is 35.4 Å². The van der Waals surface area contributed by atoms with Crippen LogP contribution >= 0.6 is 0 Å². The fourth-order valence-corrected chi connectivity index (χ4v) is 0.514. The lowest BCUT2D eigenvalue weighted by Crippen LogP contribution is -1.84. The van der Waals surface area contributed by atoms with Crippen molar-refractivity contribution < 1.29 is 8.78 Å². The predicted molar refractivity (Wildman–Crippen MR) is 29.9 cm³/mol. The first-order valence-corrected chi connectivity index (χ1v) is 2.51. The maximum atomic E-state index is 12.2. The van der Waals surface area contributed by atoms with Crippen LogP contribution in [0.1, 0.15) is 5.56 Å². The maximum absolute atomic E-state index is 12.2. The number of hydrogen-bond donors (Lipinski definition) is 0. The van der Waals surface area contributed by atoms with Crippen molar-refractivity contribution in [3.8, 4) is 6.07 Å². The highest BCUT2D eigenvalue weighted by Crippen LogP contribution is 2.05. The highest BCUT2D eigenvalue weighted by atomic mass is 19.2. The van der Waals surface area contributed by atoms with Crippen LogP contribution in [0, 0.1) is 29.0 Å². The van der Waals surface area contributed by atoms with Crippen molar-refractivity contribution >= 4 is 0 Å². The summed E-state index contributed by atoms with van der Waals surface area (Å²) in [5.74, 6) is -2.10. The standard InChI is InChI=1S/C7H2F2N/c8-6-2-1-5(4-10)3-7(6)9/h1-2H. The third kappa shape index (κ3) is 1.11. The van der Waals surface area contributed by atoms with Gasteiger partial charge in [0, 0.05) is 6.07 Å². The minimum absolute atomic E-state index is 0.00102. The Labute approximate surface area is 56.5 Å². The number of nitriles is 1. The Bertz CT molecular complexity index is 288. The molecule has 3 heteroatoms. The first kappa shape index (κ1) is 6.69. The van der Waals surface area contributed by atoms with Crippen LogP contribution in [0.15, 0.2) is 12.1 Å². The fraction of sp³-hybridized carbons (Fsp3) is 0. The Balaban J connectivity index is 3.20. The van der Waals surface area contributed by atoms with E-state index >= 15 is 0 Å². The largest absolute Gasteiger partial charge is 0.204 e. The highest BCUT2D eigenvalue weighted by Gasteiger charge is 2.00. The van der Waals surface area contributed by atoms with Crippen LogP contribution in [-0.2, 0) is 0 Å². The van der Waals surface area contributed by atoms with E-state index in [1.165, 1.54) is 6.07 Å². The molecule has 0 unspecified atom stereocenters. The zero-order chi connectivity index (χ0) is 7.56. The summed E-state index contributed by atoms with van der Waals surface area (Å²) < 4.78 is 24.3. The zero-order valence-electron chi connectivity index (χ0n) is 4.86. The number of halogens is 2. The molecule has 0 saturated carbocycles. The molecule has 1 radical (unpaired) electrons. The van der Waals surface area contributed by atoms with Crippen LogP contribution in [0.2, 0.25) is 0 Å². The van der Waals surface area contributed by atoms with E-state index in [0.29, 0.717) is 0 Å². The molecule has 0 fully saturated rings. The topological polar surface area (TPSA) is 23.8 Å². The molecule has 0 heterocycles. The Morgan fingerprint density at radius 2 is 2.10 bits per heavy atom. The third-order valence-corrected chi connectivity index (χ3v) is 0.971. The first-order valence-electron chi connectivity index (χ1n) is 2.51. The van der Waals surface area contributed by atoms with Crippen LogP contribution < -0.4 is 0 Å². The highest BCUT2D eigenvalue weighted by molar-refractivity contribution is 5.27. The average molecular weight is 138 g/mol. The molecule has 0 atom stereocenters. The fourth-order valence-electron chi connectivity index (χ4n) is 0.514. The van der Waals surface area contributed by atoms with Crippen LogP contribution in [0.25, 0.3) is 0 Å². The van der Waals surface area contributed by atoms with Crippen molar-refractivity contribution in [2.45, 2.75) is 0 Å². The van der Waals surface area contributed by atoms with Gasteiger partial charge in [0.05, 0.1) is 11.6 Å². The van der Waals surface area contributed by atoms with E-state index in [4.69, 9.17) is 5.26 Å². The normalized spacial score (nSPS) is 8.90. The molecule has 10 heavy (non-hydrogen) atoms. The Kier molecular flexibility index (Phi) is 1.63. The molecule has 49 valence electrons. The lowest BCUT2D eigenvalue weighted by atomic mass is 10.2. The Hall–Kier alpha value is -1.43. The summed E-state index contributed by atoms with van der Waals surface area (Å²) in [6.07, 6.45) is 0. The summed E-state index contributed by atoms with van der Waals surface area (Å²) in [6.45, 7) is 0. The second kappa shape index (κ2) is 2.44. The van der Waals surface area contributed by atoms with Gasteiger partial charge in [0.15, 0.2) is 11.6 Å². The van der Waals surface area contributed by atoms with Crippen molar-refractivity contribution in [2.24, 2.45) is 0 Å². The van der Waals surface area contributed by atoms with Crippen molar-refractivity contribution in [1.29, 1.82) is 5.26 Å². The number of rotatable bonds is 0. The average Bonchev–Trinajstić information content (AvgIpc) is 1.95. The van der Waals surface area contributed by atoms with Crippen molar-refractivity contribution in [2.75, 3.05) is 0 Å². The minimum Gasteiger partial charge on any atom is -0.204 e. The smallest absolute Gasteiger partial charge is 0.168 e. The summed E-state index contributed by atoms with van der Waals surface area (Å²) in [5.41, 5.74) is -0.00102. The molecule has 0 aliphatic carbocycles. The molecule has 0 saturated heterocycles. The van der Waals surface area contributed by atoms with Gasteiger partial charge in [-0.25, -0.2) is 8.78 Å². The van der Waals surface area contributed by atoms with Gasteiger partial charge in [-0.2, -0.15) is 5.26 Å². The summed E-state index contributed by atoms with van der Waals surface area (Å²) in [6, 6.07) is 5.61. The Morgan fingerprint density at radius 1 is 1.40 bits per heavy atom. The number of hydrogen-bond acceptors (Lipinski definition) is 1. The second-order valence-corrected chi connectivity index (χ2v) is 1.65. The Morgan fingerprint density at radius 3 is 2.60 bits per heavy atom. The van der Waals surface area contributed by atoms with E-state index in [1.54, 1.807) is 6.07 Å². The van der Waals surface area contributed by atoms with E-state index in [1.807, 2.05) is 6.07 Å². The molecule has 1 nitrogen and oxygen atoms in total. The van der Waals surface area contributed by atoms with Crippen molar-refractivity contribution in [3.63, 3.8) is 0 Å². The zero-order valence-corrected chi connectivity index (χ0v) is 4.86. The molecule has 0 spiro atoms. The summed E-state index contributed by atoms with van der Waals surface area (Å²) >= 11 is 0. The third-order valence-electron chi connectivity index (χ3n) is 0.971. The SMILES string of the molecule is N#Cc1[c]c(F)c(F)cc1. The molecule has 0 N–H and O–H groups in total. The molecule has 0 aliphatic heterocycles. The molecule has 0 aliphatic rings. The molecule has 0 aromatic heterocycles. The summed E-state index contributed by atoms with van der Waals surface area (Å²) in [7, 11) is 0. The van der Waals surface area contributed by atoms with Gasteiger partial charge in [0.1, 0.15) is 0 Å². The lowest BCUT2D eigenvalue weighted by molar-refractivity contribution is 0.507. The molecule has 1 aromatic rings. The maximum Gasteiger partial charge on any atom is 0.168 e. The monoisotopic (exact) mass is 138 g/mol. The van der Waals surface area contributed by atoms with Crippen molar-refractivity contribution in [1.82, 2.24) is 0 Å². The molecule has 1 rings (SSSR count). The van der Waals surface area contributed by atoms with E-state index in [9.17, 15) is 8.78 Å². The number of nitrogens with zero attached hydrogens (tertiary/aromatic N) is 1. The van der Waals surface area contributed by atoms with E-state index in [0.717, 1.165) is 6.07 Å². The van der Waals surface area contributed by atoms with Crippen LogP contribution in [-0.4, -0.2) is 0 Å². The van der Waals surface area contributed by atoms with Gasteiger partial charge in [-0.05, 0) is 12.1 Å². The second-order valence-electron chi connectivity index (χ2n) is 1.65. The molecular formula is C7H2F2N. The molecule has 1 aromatic carbocycles. The molecule has 0 bridgehead atoms. The molecular weight excluding hydrogens is 136 g/mol. The van der Waals surface area contributed by atoms with E-state index < -0.39 is 11.6 Å². The van der Waals surface area contributed by atoms with Gasteiger partial charge in [-0.3, -0.25) is 0 Å². The lowest BCUT2D eigenvalue weighted by Gasteiger charge is -1.89. The van der Waals surface area contributed by atoms with Crippen LogP contribution in [0.3, 0.4) is 0 Å². The van der Waals surface area contributed by atoms with Gasteiger partial charge in [-0.1, -0.05) is 0 Å². The summed E-state index contributed by atoms with van der Waals surface area (Å²) in [4.78, 5) is 0. The van der Waals surface area contributed by atoms with Gasteiger partial charge < -0.3 is 0 Å². The van der Waals surface area contributed by atoms with Gasteiger partial charge in [0.25, 0.3) is 0 Å². The molecule has 0 amide bonds. The minimum atomic E-state index is -1.11. The van der Waals surface area contributed by atoms with Crippen LogP contribution in [0.4, 0.5) is 8.78 Å². The quantitative estimate of drug-likeness (QED) is 0.534. The predicted octanol–water partition coefficient (Wildman–Crippen LogP) is 1.64. The summed E-state index contributed by atoms with van der Waals surface area (Å²) in [5, 5.41) is 8.18. The number of benzene rings is 1. The van der Waals surface area contributed by atoms with Gasteiger partial charge in [0.2, 0.25) is 0 Å². The van der Waals surface area contributed by atoms with E-state index in [-0.39, 0.29) is 5.56 Å². The first-order chi connectivity index (χ1) is 4.74. The van der Waals surface area contributed by atoms with E-state index in [2.05, 4.69) is 0 Å². The van der Waals surface area contributed by atoms with Gasteiger partial charge >= 0.3 is 0 Å².